The van der Waals surface area contributed by atoms with Crippen LogP contribution in [0.15, 0.2) is 53.6 Å². The van der Waals surface area contributed by atoms with Gasteiger partial charge >= 0.3 is 6.18 Å². The molecule has 2 aromatic rings. The molecule has 0 heterocycles. The molecular weight excluding hydrogens is 253 g/mol. The van der Waals surface area contributed by atoms with Crippen molar-refractivity contribution in [3.05, 3.63) is 59.7 Å². The molecule has 0 aliphatic heterocycles. The van der Waals surface area contributed by atoms with Crippen molar-refractivity contribution in [1.29, 1.82) is 0 Å². The maximum Gasteiger partial charge on any atom is 0.417 e. The molecule has 0 bridgehead atoms. The van der Waals surface area contributed by atoms with Crippen LogP contribution in [0.25, 0.3) is 11.1 Å². The molecule has 2 rings (SSSR count). The molecule has 2 aromatic carbocycles. The molecule has 0 atom stereocenters. The Morgan fingerprint density at radius 3 is 2.11 bits per heavy atom. The summed E-state index contributed by atoms with van der Waals surface area (Å²) in [5.74, 6) is 5.08. The normalized spacial score (nSPS) is 11.9. The first-order valence-electron chi connectivity index (χ1n) is 5.53. The number of alkyl halides is 3. The third-order valence-electron chi connectivity index (χ3n) is 2.70. The second-order valence-electron chi connectivity index (χ2n) is 3.91. The second-order valence-corrected chi connectivity index (χ2v) is 3.91. The van der Waals surface area contributed by atoms with Gasteiger partial charge in [0.15, 0.2) is 0 Å². The van der Waals surface area contributed by atoms with E-state index in [1.165, 1.54) is 18.3 Å². The van der Waals surface area contributed by atoms with Crippen LogP contribution in [0.4, 0.5) is 13.2 Å². The van der Waals surface area contributed by atoms with Crippen LogP contribution in [-0.4, -0.2) is 6.21 Å². The lowest BCUT2D eigenvalue weighted by molar-refractivity contribution is -0.137. The number of hydrazone groups is 1. The first-order chi connectivity index (χ1) is 9.04. The molecule has 0 saturated heterocycles. The van der Waals surface area contributed by atoms with Gasteiger partial charge in [0.2, 0.25) is 0 Å². The second kappa shape index (κ2) is 5.14. The van der Waals surface area contributed by atoms with Crippen molar-refractivity contribution in [2.75, 3.05) is 0 Å². The van der Waals surface area contributed by atoms with Crippen molar-refractivity contribution in [2.45, 2.75) is 6.18 Å². The molecule has 0 amide bonds. The van der Waals surface area contributed by atoms with Crippen LogP contribution < -0.4 is 5.84 Å². The topological polar surface area (TPSA) is 38.4 Å². The highest BCUT2D eigenvalue weighted by molar-refractivity contribution is 5.91. The smallest absolute Gasteiger partial charge is 0.323 e. The van der Waals surface area contributed by atoms with Crippen molar-refractivity contribution >= 4 is 6.21 Å². The highest BCUT2D eigenvalue weighted by Gasteiger charge is 2.33. The third-order valence-corrected chi connectivity index (χ3v) is 2.70. The van der Waals surface area contributed by atoms with Gasteiger partial charge in [-0.25, -0.2) is 0 Å². The van der Waals surface area contributed by atoms with Crippen LogP contribution in [0.5, 0.6) is 0 Å². The zero-order chi connectivity index (χ0) is 13.9. The Bertz CT molecular complexity index is 604. The Hall–Kier alpha value is -2.30. The Labute approximate surface area is 108 Å². The van der Waals surface area contributed by atoms with Crippen LogP contribution in [0.2, 0.25) is 0 Å². The Morgan fingerprint density at radius 1 is 0.895 bits per heavy atom. The lowest BCUT2D eigenvalue weighted by Gasteiger charge is -2.14. The first-order valence-corrected chi connectivity index (χ1v) is 5.53. The first kappa shape index (κ1) is 13.1. The molecule has 0 aliphatic rings. The summed E-state index contributed by atoms with van der Waals surface area (Å²) in [4.78, 5) is 0. The molecule has 0 saturated carbocycles. The van der Waals surface area contributed by atoms with Gasteiger partial charge in [-0.3, -0.25) is 0 Å². The number of hydrogen-bond acceptors (Lipinski definition) is 2. The largest absolute Gasteiger partial charge is 0.417 e. The number of benzene rings is 2. The molecule has 2 N–H and O–H groups in total. The molecule has 5 heteroatoms. The average Bonchev–Trinajstić information content (AvgIpc) is 2.39. The predicted molar refractivity (Wildman–Crippen MR) is 68.7 cm³/mol. The van der Waals surface area contributed by atoms with Crippen molar-refractivity contribution < 1.29 is 13.2 Å². The van der Waals surface area contributed by atoms with Crippen molar-refractivity contribution in [2.24, 2.45) is 10.9 Å². The minimum absolute atomic E-state index is 0.116. The zero-order valence-electron chi connectivity index (χ0n) is 9.85. The summed E-state index contributed by atoms with van der Waals surface area (Å²) in [7, 11) is 0. The molecular formula is C14H11F3N2. The molecule has 0 radical (unpaired) electrons. The molecule has 2 nitrogen and oxygen atoms in total. The Balaban J connectivity index is 2.66. The maximum atomic E-state index is 13.0. The van der Waals surface area contributed by atoms with Gasteiger partial charge < -0.3 is 5.84 Å². The van der Waals surface area contributed by atoms with E-state index in [2.05, 4.69) is 5.10 Å². The van der Waals surface area contributed by atoms with Gasteiger partial charge in [0.05, 0.1) is 11.8 Å². The average molecular weight is 264 g/mol. The molecule has 19 heavy (non-hydrogen) atoms. The predicted octanol–water partition coefficient (Wildman–Crippen LogP) is 3.67. The van der Waals surface area contributed by atoms with Crippen LogP contribution in [0.1, 0.15) is 11.1 Å². The molecule has 0 spiro atoms. The fourth-order valence-electron chi connectivity index (χ4n) is 1.90. The molecule has 0 fully saturated rings. The summed E-state index contributed by atoms with van der Waals surface area (Å²) in [6.07, 6.45) is -3.06. The van der Waals surface area contributed by atoms with Gasteiger partial charge in [-0.05, 0) is 17.2 Å². The SMILES string of the molecule is NN=Cc1ccccc1-c1ccccc1C(F)(F)F. The van der Waals surface area contributed by atoms with Gasteiger partial charge in [0.25, 0.3) is 0 Å². The summed E-state index contributed by atoms with van der Waals surface area (Å²) in [6.45, 7) is 0. The van der Waals surface area contributed by atoms with Crippen LogP contribution >= 0.6 is 0 Å². The van der Waals surface area contributed by atoms with E-state index in [1.807, 2.05) is 0 Å². The third kappa shape index (κ3) is 2.76. The van der Waals surface area contributed by atoms with E-state index >= 15 is 0 Å². The standard InChI is InChI=1S/C14H11F3N2/c15-14(16,17)13-8-4-3-7-12(13)11-6-2-1-5-10(11)9-19-18/h1-9H,18H2. The zero-order valence-corrected chi connectivity index (χ0v) is 9.85. The maximum absolute atomic E-state index is 13.0. The lowest BCUT2D eigenvalue weighted by Crippen LogP contribution is -2.07. The number of nitrogens with two attached hydrogens (primary N) is 1. The summed E-state index contributed by atoms with van der Waals surface area (Å²) in [5.41, 5.74) is 0.435. The van der Waals surface area contributed by atoms with E-state index in [0.717, 1.165) is 6.07 Å². The molecule has 0 aliphatic carbocycles. The highest BCUT2D eigenvalue weighted by Crippen LogP contribution is 2.37. The van der Waals surface area contributed by atoms with Gasteiger partial charge in [-0.15, -0.1) is 0 Å². The van der Waals surface area contributed by atoms with E-state index in [0.29, 0.717) is 11.1 Å². The molecule has 0 unspecified atom stereocenters. The van der Waals surface area contributed by atoms with Crippen LogP contribution in [0.3, 0.4) is 0 Å². The fourth-order valence-corrected chi connectivity index (χ4v) is 1.90. The van der Waals surface area contributed by atoms with E-state index < -0.39 is 11.7 Å². The van der Waals surface area contributed by atoms with Gasteiger partial charge in [-0.2, -0.15) is 18.3 Å². The molecule has 0 aromatic heterocycles. The summed E-state index contributed by atoms with van der Waals surface area (Å²) < 4.78 is 39.0. The molecule has 98 valence electrons. The monoisotopic (exact) mass is 264 g/mol. The lowest BCUT2D eigenvalue weighted by atomic mass is 9.95. The van der Waals surface area contributed by atoms with Gasteiger partial charge in [0, 0.05) is 5.56 Å². The Kier molecular flexibility index (Phi) is 3.55. The van der Waals surface area contributed by atoms with Crippen LogP contribution in [-0.2, 0) is 6.18 Å². The summed E-state index contributed by atoms with van der Waals surface area (Å²) in [6, 6.07) is 12.1. The van der Waals surface area contributed by atoms with Crippen molar-refractivity contribution in [3.8, 4) is 11.1 Å². The van der Waals surface area contributed by atoms with Gasteiger partial charge in [0.1, 0.15) is 0 Å². The van der Waals surface area contributed by atoms with Crippen molar-refractivity contribution in [3.63, 3.8) is 0 Å². The quantitative estimate of drug-likeness (QED) is 0.501. The van der Waals surface area contributed by atoms with Crippen LogP contribution in [0, 0.1) is 0 Å². The minimum atomic E-state index is -4.40. The summed E-state index contributed by atoms with van der Waals surface area (Å²) >= 11 is 0. The van der Waals surface area contributed by atoms with E-state index in [9.17, 15) is 13.2 Å². The van der Waals surface area contributed by atoms with Gasteiger partial charge in [-0.1, -0.05) is 42.5 Å². The van der Waals surface area contributed by atoms with Crippen molar-refractivity contribution in [1.82, 2.24) is 0 Å². The number of rotatable bonds is 2. The highest BCUT2D eigenvalue weighted by atomic mass is 19.4. The summed E-state index contributed by atoms with van der Waals surface area (Å²) in [5, 5.41) is 3.38. The van der Waals surface area contributed by atoms with E-state index in [-0.39, 0.29) is 5.56 Å². The fraction of sp³-hybridized carbons (Fsp3) is 0.0714. The number of nitrogens with zero attached hydrogens (tertiary/aromatic N) is 1. The minimum Gasteiger partial charge on any atom is -0.323 e. The Morgan fingerprint density at radius 2 is 1.47 bits per heavy atom. The number of hydrogen-bond donors (Lipinski definition) is 1. The van der Waals surface area contributed by atoms with E-state index in [4.69, 9.17) is 5.84 Å². The number of halogens is 3. The van der Waals surface area contributed by atoms with E-state index in [1.54, 1.807) is 30.3 Å².